The van der Waals surface area contributed by atoms with Gasteiger partial charge in [0.15, 0.2) is 9.84 Å². The molecule has 1 heterocycles. The van der Waals surface area contributed by atoms with Gasteiger partial charge in [0.1, 0.15) is 11.9 Å². The van der Waals surface area contributed by atoms with Gasteiger partial charge >= 0.3 is 12.4 Å². The number of anilines is 1. The van der Waals surface area contributed by atoms with Gasteiger partial charge < -0.3 is 15.3 Å². The summed E-state index contributed by atoms with van der Waals surface area (Å²) in [6.45, 7) is 1.36. The molecule has 2 N–H and O–H groups in total. The lowest BCUT2D eigenvalue weighted by atomic mass is 9.90. The maximum atomic E-state index is 15.1. The number of nitrogens with zero attached hydrogens (tertiary/aromatic N) is 1. The van der Waals surface area contributed by atoms with Crippen molar-refractivity contribution in [3.05, 3.63) is 83.2 Å². The number of carbonyl (C=O) groups excluding carboxylic acids is 2. The molecule has 0 radical (unpaired) electrons. The van der Waals surface area contributed by atoms with E-state index in [4.69, 9.17) is 0 Å². The Balaban J connectivity index is 1.61. The van der Waals surface area contributed by atoms with E-state index in [-0.39, 0.29) is 34.7 Å². The van der Waals surface area contributed by atoms with Gasteiger partial charge in [-0.2, -0.15) is 26.3 Å². The summed E-state index contributed by atoms with van der Waals surface area (Å²) < 4.78 is 118. The maximum Gasteiger partial charge on any atom is 0.430 e. The standard InChI is InChI=1S/C28H23F7N2O5S/c1-15(38)37-12-11-17-13-20(43(2,41)42)8-10-22(17)24(37)25(39)36-19-7-9-21(23(29)14-19)16-3-5-18(6-4-16)26(40,27(30,31)32)28(33,34)35/h3-10,13-14,24,40H,11-12H2,1-2H3,(H,36,39). The Labute approximate surface area is 240 Å². The summed E-state index contributed by atoms with van der Waals surface area (Å²) in [5, 5.41) is 12.0. The van der Waals surface area contributed by atoms with Gasteiger partial charge in [-0.1, -0.05) is 30.3 Å². The fourth-order valence-corrected chi connectivity index (χ4v) is 5.54. The zero-order valence-corrected chi connectivity index (χ0v) is 23.2. The number of sulfone groups is 1. The Kier molecular flexibility index (Phi) is 8.13. The lowest BCUT2D eigenvalue weighted by molar-refractivity contribution is -0.376. The predicted molar refractivity (Wildman–Crippen MR) is 140 cm³/mol. The Hall–Kier alpha value is -3.98. The normalized spacial score (nSPS) is 16.0. The molecule has 43 heavy (non-hydrogen) atoms. The van der Waals surface area contributed by atoms with E-state index in [1.165, 1.54) is 36.1 Å². The van der Waals surface area contributed by atoms with Crippen molar-refractivity contribution in [2.75, 3.05) is 18.1 Å². The molecule has 0 saturated carbocycles. The van der Waals surface area contributed by atoms with E-state index in [1.807, 2.05) is 0 Å². The molecular formula is C28H23F7N2O5S. The largest absolute Gasteiger partial charge is 0.430 e. The molecule has 4 rings (SSSR count). The van der Waals surface area contributed by atoms with Gasteiger partial charge in [-0.3, -0.25) is 9.59 Å². The number of rotatable bonds is 5. The second-order valence-corrected chi connectivity index (χ2v) is 12.0. The first-order valence-electron chi connectivity index (χ1n) is 12.4. The molecule has 0 spiro atoms. The van der Waals surface area contributed by atoms with Gasteiger partial charge in [0.2, 0.25) is 5.91 Å². The topological polar surface area (TPSA) is 104 Å². The zero-order chi connectivity index (χ0) is 32.1. The van der Waals surface area contributed by atoms with Crippen LogP contribution in [0.2, 0.25) is 0 Å². The maximum absolute atomic E-state index is 15.1. The van der Waals surface area contributed by atoms with E-state index >= 15 is 4.39 Å². The minimum Gasteiger partial charge on any atom is -0.369 e. The van der Waals surface area contributed by atoms with E-state index < -0.39 is 57.0 Å². The van der Waals surface area contributed by atoms with Crippen molar-refractivity contribution in [1.29, 1.82) is 0 Å². The Morgan fingerprint density at radius 2 is 1.53 bits per heavy atom. The van der Waals surface area contributed by atoms with Crippen LogP contribution in [-0.4, -0.2) is 55.4 Å². The van der Waals surface area contributed by atoms with Crippen LogP contribution in [0.4, 0.5) is 36.4 Å². The van der Waals surface area contributed by atoms with Crippen molar-refractivity contribution in [2.24, 2.45) is 0 Å². The summed E-state index contributed by atoms with van der Waals surface area (Å²) in [5.74, 6) is -2.16. The number of nitrogens with one attached hydrogen (secondary N) is 1. The molecule has 0 bridgehead atoms. The average Bonchev–Trinajstić information content (AvgIpc) is 2.90. The van der Waals surface area contributed by atoms with Crippen LogP contribution in [-0.2, 0) is 31.4 Å². The first-order chi connectivity index (χ1) is 19.8. The van der Waals surface area contributed by atoms with Crippen LogP contribution < -0.4 is 5.32 Å². The molecule has 0 fully saturated rings. The monoisotopic (exact) mass is 632 g/mol. The number of amides is 2. The molecule has 0 saturated heterocycles. The lowest BCUT2D eigenvalue weighted by Gasteiger charge is -2.36. The third kappa shape index (κ3) is 5.95. The molecule has 3 aromatic rings. The van der Waals surface area contributed by atoms with Crippen LogP contribution >= 0.6 is 0 Å². The SMILES string of the molecule is CC(=O)N1CCc2cc(S(C)(=O)=O)ccc2C1C(=O)Nc1ccc(-c2ccc(C(O)(C(F)(F)F)C(F)(F)F)cc2)c(F)c1. The van der Waals surface area contributed by atoms with Gasteiger partial charge in [-0.05, 0) is 53.4 Å². The van der Waals surface area contributed by atoms with E-state index in [9.17, 15) is 49.5 Å². The van der Waals surface area contributed by atoms with E-state index in [0.29, 0.717) is 23.3 Å². The first kappa shape index (κ1) is 31.9. The van der Waals surface area contributed by atoms with Crippen molar-refractivity contribution in [2.45, 2.75) is 42.2 Å². The van der Waals surface area contributed by atoms with Gasteiger partial charge in [-0.15, -0.1) is 0 Å². The zero-order valence-electron chi connectivity index (χ0n) is 22.3. The van der Waals surface area contributed by atoms with Crippen molar-refractivity contribution < 1.29 is 53.8 Å². The van der Waals surface area contributed by atoms with Gasteiger partial charge in [0.05, 0.1) is 4.90 Å². The highest BCUT2D eigenvalue weighted by atomic mass is 32.2. The second-order valence-electron chi connectivity index (χ2n) is 9.96. The van der Waals surface area contributed by atoms with Crippen molar-refractivity contribution in [1.82, 2.24) is 4.90 Å². The van der Waals surface area contributed by atoms with Crippen molar-refractivity contribution in [3.8, 4) is 11.1 Å². The van der Waals surface area contributed by atoms with Crippen LogP contribution in [0.25, 0.3) is 11.1 Å². The molecule has 230 valence electrons. The molecule has 2 amide bonds. The second kappa shape index (κ2) is 10.9. The van der Waals surface area contributed by atoms with Gasteiger partial charge in [-0.25, -0.2) is 12.8 Å². The average molecular weight is 633 g/mol. The molecule has 3 aromatic carbocycles. The molecule has 15 heteroatoms. The fourth-order valence-electron chi connectivity index (χ4n) is 4.87. The minimum absolute atomic E-state index is 0.0360. The highest BCUT2D eigenvalue weighted by Gasteiger charge is 2.71. The fraction of sp³-hybridized carbons (Fsp3) is 0.286. The number of hydrogen-bond acceptors (Lipinski definition) is 5. The molecule has 1 unspecified atom stereocenters. The van der Waals surface area contributed by atoms with Crippen molar-refractivity contribution >= 4 is 27.3 Å². The lowest BCUT2D eigenvalue weighted by Crippen LogP contribution is -2.53. The number of aliphatic hydroxyl groups is 1. The summed E-state index contributed by atoms with van der Waals surface area (Å²) >= 11 is 0. The first-order valence-corrected chi connectivity index (χ1v) is 14.3. The smallest absolute Gasteiger partial charge is 0.369 e. The highest BCUT2D eigenvalue weighted by molar-refractivity contribution is 7.90. The minimum atomic E-state index is -6.08. The van der Waals surface area contributed by atoms with E-state index in [0.717, 1.165) is 30.5 Å². The quantitative estimate of drug-likeness (QED) is 0.372. The Morgan fingerprint density at radius 1 is 0.930 bits per heavy atom. The van der Waals surface area contributed by atoms with Crippen LogP contribution in [0.1, 0.15) is 29.7 Å². The van der Waals surface area contributed by atoms with Gasteiger partial charge in [0, 0.05) is 36.5 Å². The number of fused-ring (bicyclic) bond motifs is 1. The highest BCUT2D eigenvalue weighted by Crippen LogP contribution is 2.50. The van der Waals surface area contributed by atoms with Crippen LogP contribution in [0, 0.1) is 5.82 Å². The Morgan fingerprint density at radius 3 is 2.05 bits per heavy atom. The molecule has 1 aliphatic rings. The third-order valence-electron chi connectivity index (χ3n) is 7.09. The summed E-state index contributed by atoms with van der Waals surface area (Å²) in [6, 6.07) is 8.56. The number of hydrogen-bond donors (Lipinski definition) is 2. The number of alkyl halides is 6. The van der Waals surface area contributed by atoms with Crippen LogP contribution in [0.3, 0.4) is 0 Å². The van der Waals surface area contributed by atoms with Crippen LogP contribution in [0.5, 0.6) is 0 Å². The summed E-state index contributed by atoms with van der Waals surface area (Å²) in [6.07, 6.45) is -10.8. The molecular weight excluding hydrogens is 609 g/mol. The third-order valence-corrected chi connectivity index (χ3v) is 8.20. The molecule has 0 aliphatic carbocycles. The molecule has 1 atom stereocenters. The van der Waals surface area contributed by atoms with Crippen molar-refractivity contribution in [3.63, 3.8) is 0 Å². The number of halogens is 7. The Bertz CT molecular complexity index is 1670. The summed E-state index contributed by atoms with van der Waals surface area (Å²) in [4.78, 5) is 26.9. The predicted octanol–water partition coefficient (Wildman–Crippen LogP) is 5.29. The number of benzene rings is 3. The molecule has 1 aliphatic heterocycles. The van der Waals surface area contributed by atoms with Crippen LogP contribution in [0.15, 0.2) is 65.6 Å². The summed E-state index contributed by atoms with van der Waals surface area (Å²) in [5.41, 5.74) is -6.15. The summed E-state index contributed by atoms with van der Waals surface area (Å²) in [7, 11) is -3.54. The molecule has 7 nitrogen and oxygen atoms in total. The number of carbonyl (C=O) groups is 2. The van der Waals surface area contributed by atoms with Gasteiger partial charge in [0.25, 0.3) is 11.5 Å². The van der Waals surface area contributed by atoms with E-state index in [1.54, 1.807) is 0 Å². The van der Waals surface area contributed by atoms with E-state index in [2.05, 4.69) is 5.32 Å². The molecule has 0 aromatic heterocycles.